The Hall–Kier alpha value is -1.32. The summed E-state index contributed by atoms with van der Waals surface area (Å²) in [6.07, 6.45) is 0.439. The van der Waals surface area contributed by atoms with Crippen LogP contribution in [0.1, 0.15) is 23.7 Å². The summed E-state index contributed by atoms with van der Waals surface area (Å²) in [5.74, 6) is 0.793. The Kier molecular flexibility index (Phi) is 5.00. The molecule has 0 aliphatic heterocycles. The predicted octanol–water partition coefficient (Wildman–Crippen LogP) is 4.26. The van der Waals surface area contributed by atoms with Gasteiger partial charge in [0, 0.05) is 13.0 Å². The lowest BCUT2D eigenvalue weighted by atomic mass is 10.1. The molecule has 19 heavy (non-hydrogen) atoms. The maximum atomic E-state index is 9.21. The number of aliphatic hydroxyl groups is 1. The molecule has 2 nitrogen and oxygen atoms in total. The van der Waals surface area contributed by atoms with Gasteiger partial charge in [-0.1, -0.05) is 42.0 Å². The molecule has 0 unspecified atom stereocenters. The summed E-state index contributed by atoms with van der Waals surface area (Å²) >= 11 is 3.47. The van der Waals surface area contributed by atoms with Crippen molar-refractivity contribution in [1.82, 2.24) is 0 Å². The van der Waals surface area contributed by atoms with Gasteiger partial charge in [-0.15, -0.1) is 0 Å². The molecule has 0 saturated heterocycles. The molecular formula is C16H17BrO2. The number of hydrogen-bond donors (Lipinski definition) is 1. The number of rotatable bonds is 5. The monoisotopic (exact) mass is 320 g/mol. The van der Waals surface area contributed by atoms with Crippen LogP contribution in [0.3, 0.4) is 0 Å². The lowest BCUT2D eigenvalue weighted by molar-refractivity contribution is 0.155. The van der Waals surface area contributed by atoms with Gasteiger partial charge in [0.25, 0.3) is 0 Å². The van der Waals surface area contributed by atoms with Crippen LogP contribution in [0.15, 0.2) is 53.0 Å². The molecule has 0 heterocycles. The molecule has 0 amide bonds. The summed E-state index contributed by atoms with van der Waals surface area (Å²) < 4.78 is 6.93. The van der Waals surface area contributed by atoms with Crippen molar-refractivity contribution in [2.45, 2.75) is 19.4 Å². The summed E-state index contributed by atoms with van der Waals surface area (Å²) in [7, 11) is 0. The van der Waals surface area contributed by atoms with Gasteiger partial charge in [0.15, 0.2) is 0 Å². The maximum Gasteiger partial charge on any atom is 0.134 e. The molecule has 1 atom stereocenters. The molecule has 0 aromatic heterocycles. The SMILES string of the molecule is Cc1ccc([C@H](CCO)Oc2ccccc2Br)cc1. The molecule has 3 heteroatoms. The van der Waals surface area contributed by atoms with E-state index in [0.29, 0.717) is 6.42 Å². The molecule has 2 aromatic carbocycles. The Bertz CT molecular complexity index is 523. The second kappa shape index (κ2) is 6.73. The zero-order valence-corrected chi connectivity index (χ0v) is 12.4. The van der Waals surface area contributed by atoms with Crippen molar-refractivity contribution in [2.24, 2.45) is 0 Å². The highest BCUT2D eigenvalue weighted by Gasteiger charge is 2.14. The van der Waals surface area contributed by atoms with E-state index in [1.54, 1.807) is 0 Å². The lowest BCUT2D eigenvalue weighted by Crippen LogP contribution is -2.10. The van der Waals surface area contributed by atoms with E-state index in [9.17, 15) is 5.11 Å². The van der Waals surface area contributed by atoms with Crippen molar-refractivity contribution in [3.8, 4) is 5.75 Å². The number of aryl methyl sites for hydroxylation is 1. The first-order chi connectivity index (χ1) is 9.20. The van der Waals surface area contributed by atoms with Gasteiger partial charge in [-0.3, -0.25) is 0 Å². The third-order valence-electron chi connectivity index (χ3n) is 2.95. The Labute approximate surface area is 122 Å². The van der Waals surface area contributed by atoms with Gasteiger partial charge in [-0.2, -0.15) is 0 Å². The topological polar surface area (TPSA) is 29.5 Å². The smallest absolute Gasteiger partial charge is 0.134 e. The van der Waals surface area contributed by atoms with Gasteiger partial charge >= 0.3 is 0 Å². The van der Waals surface area contributed by atoms with Crippen LogP contribution >= 0.6 is 15.9 Å². The normalized spacial score (nSPS) is 12.2. The Morgan fingerprint density at radius 2 is 1.79 bits per heavy atom. The lowest BCUT2D eigenvalue weighted by Gasteiger charge is -2.19. The minimum Gasteiger partial charge on any atom is -0.484 e. The molecular weight excluding hydrogens is 304 g/mol. The van der Waals surface area contributed by atoms with Crippen molar-refractivity contribution in [1.29, 1.82) is 0 Å². The molecule has 100 valence electrons. The van der Waals surface area contributed by atoms with Crippen LogP contribution in [0.4, 0.5) is 0 Å². The summed E-state index contributed by atoms with van der Waals surface area (Å²) in [4.78, 5) is 0. The van der Waals surface area contributed by atoms with E-state index in [1.807, 2.05) is 36.4 Å². The third-order valence-corrected chi connectivity index (χ3v) is 3.60. The van der Waals surface area contributed by atoms with Crippen LogP contribution in [0.25, 0.3) is 0 Å². The highest BCUT2D eigenvalue weighted by molar-refractivity contribution is 9.10. The summed E-state index contributed by atoms with van der Waals surface area (Å²) in [6.45, 7) is 2.16. The van der Waals surface area contributed by atoms with Crippen LogP contribution in [0.5, 0.6) is 5.75 Å². The van der Waals surface area contributed by atoms with Crippen LogP contribution < -0.4 is 4.74 Å². The summed E-state index contributed by atoms with van der Waals surface area (Å²) in [5, 5.41) is 9.21. The Balaban J connectivity index is 2.21. The average Bonchev–Trinajstić information content (AvgIpc) is 2.42. The van der Waals surface area contributed by atoms with E-state index in [4.69, 9.17) is 4.74 Å². The quantitative estimate of drug-likeness (QED) is 0.891. The van der Waals surface area contributed by atoms with Crippen LogP contribution in [-0.2, 0) is 0 Å². The van der Waals surface area contributed by atoms with Gasteiger partial charge in [-0.05, 0) is 40.5 Å². The van der Waals surface area contributed by atoms with E-state index >= 15 is 0 Å². The zero-order chi connectivity index (χ0) is 13.7. The third kappa shape index (κ3) is 3.82. The number of aliphatic hydroxyl groups excluding tert-OH is 1. The fourth-order valence-corrected chi connectivity index (χ4v) is 2.26. The van der Waals surface area contributed by atoms with E-state index in [0.717, 1.165) is 15.8 Å². The minimum absolute atomic E-state index is 0.100. The number of ether oxygens (including phenoxy) is 1. The van der Waals surface area contributed by atoms with Crippen LogP contribution in [0, 0.1) is 6.92 Å². The molecule has 0 spiro atoms. The van der Waals surface area contributed by atoms with Crippen LogP contribution in [0.2, 0.25) is 0 Å². The highest BCUT2D eigenvalue weighted by Crippen LogP contribution is 2.30. The van der Waals surface area contributed by atoms with Gasteiger partial charge in [0.05, 0.1) is 4.47 Å². The standard InChI is InChI=1S/C16H17BrO2/c1-12-6-8-13(9-7-12)15(10-11-18)19-16-5-3-2-4-14(16)17/h2-9,15,18H,10-11H2,1H3/t15-/m0/s1. The van der Waals surface area contributed by atoms with Crippen LogP contribution in [-0.4, -0.2) is 11.7 Å². The van der Waals surface area contributed by atoms with Crippen molar-refractivity contribution >= 4 is 15.9 Å². The van der Waals surface area contributed by atoms with E-state index in [1.165, 1.54) is 5.56 Å². The minimum atomic E-state index is -0.135. The molecule has 0 radical (unpaired) electrons. The molecule has 0 saturated carbocycles. The van der Waals surface area contributed by atoms with Crippen molar-refractivity contribution in [3.63, 3.8) is 0 Å². The maximum absolute atomic E-state index is 9.21. The first kappa shape index (κ1) is 14.1. The van der Waals surface area contributed by atoms with Crippen molar-refractivity contribution in [2.75, 3.05) is 6.61 Å². The zero-order valence-electron chi connectivity index (χ0n) is 10.8. The molecule has 2 aromatic rings. The molecule has 0 bridgehead atoms. The number of para-hydroxylation sites is 1. The predicted molar refractivity (Wildman–Crippen MR) is 80.4 cm³/mol. The van der Waals surface area contributed by atoms with E-state index in [-0.39, 0.29) is 12.7 Å². The fraction of sp³-hybridized carbons (Fsp3) is 0.250. The largest absolute Gasteiger partial charge is 0.484 e. The van der Waals surface area contributed by atoms with Gasteiger partial charge < -0.3 is 9.84 Å². The second-order valence-corrected chi connectivity index (χ2v) is 5.31. The number of benzene rings is 2. The first-order valence-electron chi connectivity index (χ1n) is 6.29. The molecule has 1 N–H and O–H groups in total. The van der Waals surface area contributed by atoms with Gasteiger partial charge in [0.2, 0.25) is 0 Å². The Morgan fingerprint density at radius 3 is 2.42 bits per heavy atom. The summed E-state index contributed by atoms with van der Waals surface area (Å²) in [6, 6.07) is 16.0. The average molecular weight is 321 g/mol. The molecule has 2 rings (SSSR count). The van der Waals surface area contributed by atoms with Gasteiger partial charge in [0.1, 0.15) is 11.9 Å². The van der Waals surface area contributed by atoms with Gasteiger partial charge in [-0.25, -0.2) is 0 Å². The van der Waals surface area contributed by atoms with Crippen molar-refractivity contribution in [3.05, 3.63) is 64.1 Å². The fourth-order valence-electron chi connectivity index (χ4n) is 1.89. The van der Waals surface area contributed by atoms with E-state index < -0.39 is 0 Å². The van der Waals surface area contributed by atoms with E-state index in [2.05, 4.69) is 35.0 Å². The molecule has 0 aliphatic rings. The molecule has 0 fully saturated rings. The highest BCUT2D eigenvalue weighted by atomic mass is 79.9. The second-order valence-electron chi connectivity index (χ2n) is 4.46. The number of hydrogen-bond acceptors (Lipinski definition) is 2. The number of halogens is 1. The Morgan fingerprint density at radius 1 is 1.11 bits per heavy atom. The first-order valence-corrected chi connectivity index (χ1v) is 7.08. The molecule has 0 aliphatic carbocycles. The summed E-state index contributed by atoms with van der Waals surface area (Å²) in [5.41, 5.74) is 2.29. The van der Waals surface area contributed by atoms with Crippen molar-refractivity contribution < 1.29 is 9.84 Å².